The molecule has 0 fully saturated rings. The topological polar surface area (TPSA) is 64.3 Å². The molecule has 0 atom stereocenters. The van der Waals surface area contributed by atoms with E-state index in [1.54, 1.807) is 0 Å². The Morgan fingerprint density at radius 3 is 2.21 bits per heavy atom. The summed E-state index contributed by atoms with van der Waals surface area (Å²) >= 11 is 0. The molecular weight excluding hydrogens is 180 g/mol. The summed E-state index contributed by atoms with van der Waals surface area (Å²) < 4.78 is 4.99. The molecule has 0 aromatic heterocycles. The number of nitrogens with two attached hydrogens (primary N) is 1. The van der Waals surface area contributed by atoms with Crippen LogP contribution in [0, 0.1) is 0 Å². The van der Waals surface area contributed by atoms with Crippen LogP contribution in [0.5, 0.6) is 0 Å². The van der Waals surface area contributed by atoms with Crippen molar-refractivity contribution in [3.8, 4) is 0 Å². The Bertz CT molecular complexity index is 142. The number of nitrogens with one attached hydrogen (secondary N) is 1. The van der Waals surface area contributed by atoms with Crippen LogP contribution in [0.3, 0.4) is 0 Å². The van der Waals surface area contributed by atoms with Crippen molar-refractivity contribution in [2.45, 2.75) is 46.6 Å². The van der Waals surface area contributed by atoms with Gasteiger partial charge in [0.2, 0.25) is 0 Å². The Hall–Kier alpha value is -0.770. The van der Waals surface area contributed by atoms with Gasteiger partial charge in [-0.1, -0.05) is 13.8 Å². The van der Waals surface area contributed by atoms with Crippen molar-refractivity contribution in [3.63, 3.8) is 0 Å². The second-order valence-corrected chi connectivity index (χ2v) is 3.57. The highest BCUT2D eigenvalue weighted by Gasteiger charge is 2.14. The van der Waals surface area contributed by atoms with Gasteiger partial charge in [0.05, 0.1) is 0 Å². The van der Waals surface area contributed by atoms with Crippen LogP contribution in [0.25, 0.3) is 0 Å². The maximum absolute atomic E-state index is 11.0. The van der Waals surface area contributed by atoms with Crippen LogP contribution in [0.4, 0.5) is 4.79 Å². The van der Waals surface area contributed by atoms with Gasteiger partial charge in [0.15, 0.2) is 0 Å². The Morgan fingerprint density at radius 2 is 1.86 bits per heavy atom. The number of ether oxygens (including phenoxy) is 1. The summed E-state index contributed by atoms with van der Waals surface area (Å²) in [6.45, 7) is 10.6. The molecule has 86 valence electrons. The van der Waals surface area contributed by atoms with E-state index in [-0.39, 0.29) is 6.09 Å². The lowest BCUT2D eigenvalue weighted by molar-refractivity contribution is 0.0527. The zero-order valence-corrected chi connectivity index (χ0v) is 10.0. The van der Waals surface area contributed by atoms with E-state index in [2.05, 4.69) is 5.32 Å². The van der Waals surface area contributed by atoms with Gasteiger partial charge in [-0.05, 0) is 33.7 Å². The summed E-state index contributed by atoms with van der Waals surface area (Å²) in [5, 5.41) is 2.60. The predicted octanol–water partition coefficient (Wildman–Crippen LogP) is 1.89. The highest BCUT2D eigenvalue weighted by molar-refractivity contribution is 5.67. The van der Waals surface area contributed by atoms with Crippen LogP contribution in [0.2, 0.25) is 0 Å². The highest BCUT2D eigenvalue weighted by atomic mass is 16.6. The van der Waals surface area contributed by atoms with Crippen molar-refractivity contribution in [1.29, 1.82) is 0 Å². The van der Waals surface area contributed by atoms with Crippen molar-refractivity contribution < 1.29 is 9.53 Å². The van der Waals surface area contributed by atoms with Gasteiger partial charge >= 0.3 is 6.09 Å². The molecule has 0 heterocycles. The Morgan fingerprint density at radius 1 is 1.36 bits per heavy atom. The first-order valence-corrected chi connectivity index (χ1v) is 5.12. The summed E-state index contributed by atoms with van der Waals surface area (Å²) in [6.07, 6.45) is 0.398. The number of carbonyl (C=O) groups is 1. The smallest absolute Gasteiger partial charge is 0.407 e. The zero-order chi connectivity index (χ0) is 11.6. The maximum Gasteiger partial charge on any atom is 0.407 e. The second-order valence-electron chi connectivity index (χ2n) is 3.57. The predicted molar refractivity (Wildman–Crippen MR) is 59.3 cm³/mol. The number of hydrogen-bond donors (Lipinski definition) is 2. The van der Waals surface area contributed by atoms with Crippen molar-refractivity contribution in [2.24, 2.45) is 5.73 Å². The molecule has 0 bridgehead atoms. The Balaban J connectivity index is 0. The fourth-order valence-corrected chi connectivity index (χ4v) is 0.607. The molecule has 0 aliphatic heterocycles. The summed E-state index contributed by atoms with van der Waals surface area (Å²) in [6, 6.07) is 0. The summed E-state index contributed by atoms with van der Waals surface area (Å²) in [5.41, 5.74) is 4.83. The minimum atomic E-state index is -0.424. The SMILES string of the molecule is CC.CC(C)(C)OC(=O)NCCCN. The van der Waals surface area contributed by atoms with Gasteiger partial charge in [0.25, 0.3) is 0 Å². The lowest BCUT2D eigenvalue weighted by Gasteiger charge is -2.19. The van der Waals surface area contributed by atoms with Gasteiger partial charge in [-0.3, -0.25) is 0 Å². The number of alkyl carbamates (subject to hydrolysis) is 1. The number of carbonyl (C=O) groups excluding carboxylic acids is 1. The van der Waals surface area contributed by atoms with Crippen molar-refractivity contribution in [2.75, 3.05) is 13.1 Å². The van der Waals surface area contributed by atoms with Crippen LogP contribution in [-0.2, 0) is 4.74 Å². The lowest BCUT2D eigenvalue weighted by atomic mass is 10.2. The third-order valence-electron chi connectivity index (χ3n) is 1.05. The fraction of sp³-hybridized carbons (Fsp3) is 0.900. The molecule has 4 heteroatoms. The van der Waals surface area contributed by atoms with E-state index in [0.29, 0.717) is 13.1 Å². The molecule has 0 aromatic rings. The number of hydrogen-bond acceptors (Lipinski definition) is 3. The van der Waals surface area contributed by atoms with Crippen LogP contribution < -0.4 is 11.1 Å². The third-order valence-corrected chi connectivity index (χ3v) is 1.05. The molecule has 0 aliphatic rings. The van der Waals surface area contributed by atoms with Gasteiger partial charge in [-0.2, -0.15) is 0 Å². The standard InChI is InChI=1S/C8H18N2O2.C2H6/c1-8(2,3)12-7(11)10-6-4-5-9;1-2/h4-6,9H2,1-3H3,(H,10,11);1-2H3. The number of amides is 1. The van der Waals surface area contributed by atoms with E-state index in [9.17, 15) is 4.79 Å². The van der Waals surface area contributed by atoms with E-state index in [4.69, 9.17) is 10.5 Å². The molecule has 0 aliphatic carbocycles. The van der Waals surface area contributed by atoms with Crippen LogP contribution in [0.15, 0.2) is 0 Å². The molecule has 0 unspecified atom stereocenters. The monoisotopic (exact) mass is 204 g/mol. The summed E-state index contributed by atoms with van der Waals surface area (Å²) in [7, 11) is 0. The molecule has 3 N–H and O–H groups in total. The molecule has 14 heavy (non-hydrogen) atoms. The van der Waals surface area contributed by atoms with Gasteiger partial charge < -0.3 is 15.8 Å². The molecule has 0 aromatic carbocycles. The van der Waals surface area contributed by atoms with Crippen LogP contribution >= 0.6 is 0 Å². The van der Waals surface area contributed by atoms with Gasteiger partial charge in [0.1, 0.15) is 5.60 Å². The van der Waals surface area contributed by atoms with Crippen molar-refractivity contribution in [3.05, 3.63) is 0 Å². The summed E-state index contributed by atoms with van der Waals surface area (Å²) in [4.78, 5) is 11.0. The van der Waals surface area contributed by atoms with Crippen LogP contribution in [0.1, 0.15) is 41.0 Å². The van der Waals surface area contributed by atoms with E-state index in [0.717, 1.165) is 6.42 Å². The van der Waals surface area contributed by atoms with Gasteiger partial charge in [-0.15, -0.1) is 0 Å². The maximum atomic E-state index is 11.0. The van der Waals surface area contributed by atoms with Gasteiger partial charge in [0, 0.05) is 6.54 Å². The minimum Gasteiger partial charge on any atom is -0.444 e. The second kappa shape index (κ2) is 8.81. The molecule has 0 spiro atoms. The highest BCUT2D eigenvalue weighted by Crippen LogP contribution is 2.05. The lowest BCUT2D eigenvalue weighted by Crippen LogP contribution is -2.33. The zero-order valence-electron chi connectivity index (χ0n) is 10.0. The average molecular weight is 204 g/mol. The van der Waals surface area contributed by atoms with Crippen molar-refractivity contribution in [1.82, 2.24) is 5.32 Å². The molecule has 0 radical (unpaired) electrons. The first-order valence-electron chi connectivity index (χ1n) is 5.12. The third kappa shape index (κ3) is 13.8. The fourth-order valence-electron chi connectivity index (χ4n) is 0.607. The molecule has 4 nitrogen and oxygen atoms in total. The van der Waals surface area contributed by atoms with Crippen molar-refractivity contribution >= 4 is 6.09 Å². The molecular formula is C10H24N2O2. The van der Waals surface area contributed by atoms with Gasteiger partial charge in [-0.25, -0.2) is 4.79 Å². The molecule has 0 rings (SSSR count). The summed E-state index contributed by atoms with van der Waals surface area (Å²) in [5.74, 6) is 0. The van der Waals surface area contributed by atoms with E-state index < -0.39 is 5.60 Å². The van der Waals surface area contributed by atoms with Crippen LogP contribution in [-0.4, -0.2) is 24.8 Å². The molecule has 1 amide bonds. The normalized spacial score (nSPS) is 9.86. The number of rotatable bonds is 3. The molecule has 0 saturated carbocycles. The van der Waals surface area contributed by atoms with E-state index >= 15 is 0 Å². The Kier molecular flexibility index (Phi) is 9.88. The van der Waals surface area contributed by atoms with E-state index in [1.165, 1.54) is 0 Å². The first kappa shape index (κ1) is 15.7. The largest absolute Gasteiger partial charge is 0.444 e. The quantitative estimate of drug-likeness (QED) is 0.690. The first-order chi connectivity index (χ1) is 6.45. The minimum absolute atomic E-state index is 0.379. The Labute approximate surface area is 87.2 Å². The molecule has 0 saturated heterocycles. The van der Waals surface area contributed by atoms with E-state index in [1.807, 2.05) is 34.6 Å². The average Bonchev–Trinajstić information content (AvgIpc) is 2.05.